The van der Waals surface area contributed by atoms with E-state index in [1.165, 1.54) is 49.1 Å². The van der Waals surface area contributed by atoms with E-state index in [4.69, 9.17) is 10.5 Å². The molecule has 2 aromatic heterocycles. The van der Waals surface area contributed by atoms with Gasteiger partial charge >= 0.3 is 0 Å². The van der Waals surface area contributed by atoms with Crippen molar-refractivity contribution in [3.63, 3.8) is 0 Å². The van der Waals surface area contributed by atoms with Crippen molar-refractivity contribution in [2.75, 3.05) is 0 Å². The van der Waals surface area contributed by atoms with E-state index in [2.05, 4.69) is 19.9 Å². The maximum Gasteiger partial charge on any atom is 0.178 e. The van der Waals surface area contributed by atoms with Crippen molar-refractivity contribution in [1.82, 2.24) is 19.9 Å². The molecule has 0 aliphatic rings. The molecule has 0 radical (unpaired) electrons. The van der Waals surface area contributed by atoms with Crippen molar-refractivity contribution < 1.29 is 4.79 Å². The third-order valence-corrected chi connectivity index (χ3v) is 3.68. The predicted octanol–water partition coefficient (Wildman–Crippen LogP) is 2.71. The summed E-state index contributed by atoms with van der Waals surface area (Å²) in [6.45, 7) is 0. The van der Waals surface area contributed by atoms with Gasteiger partial charge in [0.05, 0.1) is 11.4 Å². The maximum atomic E-state index is 11.9. The monoisotopic (exact) mass is 352 g/mol. The quantitative estimate of drug-likeness (QED) is 0.439. The first-order chi connectivity index (χ1) is 11.7. The van der Waals surface area contributed by atoms with Crippen LogP contribution < -0.4 is 0 Å². The minimum absolute atomic E-state index is 0.299. The molecule has 2 rings (SSSR count). The molecule has 2 aromatic rings. The van der Waals surface area contributed by atoms with E-state index in [0.29, 0.717) is 21.4 Å². The molecule has 0 bridgehead atoms. The van der Waals surface area contributed by atoms with Gasteiger partial charge in [-0.3, -0.25) is 14.8 Å². The molecule has 24 heavy (non-hydrogen) atoms. The van der Waals surface area contributed by atoms with Crippen molar-refractivity contribution in [2.24, 2.45) is 0 Å². The Morgan fingerprint density at radius 1 is 0.833 bits per heavy atom. The fourth-order valence-electron chi connectivity index (χ4n) is 1.52. The topological polar surface area (TPSA) is 116 Å². The molecule has 0 atom stereocenters. The zero-order valence-electron chi connectivity index (χ0n) is 12.0. The highest BCUT2D eigenvalue weighted by atomic mass is 32.2. The van der Waals surface area contributed by atoms with Crippen LogP contribution in [0.1, 0.15) is 11.4 Å². The Balaban J connectivity index is 2.12. The molecule has 7 nitrogen and oxygen atoms in total. The Labute approximate surface area is 146 Å². The smallest absolute Gasteiger partial charge is 0.178 e. The number of thioether (sulfide) groups is 2. The molecule has 0 saturated heterocycles. The summed E-state index contributed by atoms with van der Waals surface area (Å²) in [7, 11) is 0. The predicted molar refractivity (Wildman–Crippen MR) is 90.1 cm³/mol. The molecule has 0 aromatic carbocycles. The van der Waals surface area contributed by atoms with E-state index < -0.39 is 0 Å². The lowest BCUT2D eigenvalue weighted by Crippen LogP contribution is -1.92. The number of ketones is 1. The summed E-state index contributed by atoms with van der Waals surface area (Å²) < 4.78 is 0. The molecule has 0 N–H and O–H groups in total. The summed E-state index contributed by atoms with van der Waals surface area (Å²) in [5.74, 6) is -0.299. The summed E-state index contributed by atoms with van der Waals surface area (Å²) >= 11 is 1.74. The standard InChI is InChI=1S/C15H8N6OS2/c16-9-23-14-12(18-5-7-20-14)3-1-11(22)2-4-13-15(24-10-17)21-8-6-19-13/h1-8H/b3-1+,4-2+. The van der Waals surface area contributed by atoms with Crippen LogP contribution in [0, 0.1) is 21.3 Å². The number of hydrogen-bond acceptors (Lipinski definition) is 9. The number of hydrogen-bond donors (Lipinski definition) is 0. The molecule has 0 aliphatic carbocycles. The van der Waals surface area contributed by atoms with Crippen LogP contribution >= 0.6 is 23.5 Å². The summed E-state index contributed by atoms with van der Waals surface area (Å²) in [4.78, 5) is 28.1. The molecular formula is C15H8N6OS2. The van der Waals surface area contributed by atoms with Crippen LogP contribution in [0.5, 0.6) is 0 Å². The maximum absolute atomic E-state index is 11.9. The Hall–Kier alpha value is -3.01. The van der Waals surface area contributed by atoms with Crippen LogP contribution in [-0.2, 0) is 4.79 Å². The lowest BCUT2D eigenvalue weighted by Gasteiger charge is -1.97. The zero-order chi connectivity index (χ0) is 17.2. The molecule has 0 aliphatic heterocycles. The Kier molecular flexibility index (Phi) is 6.65. The number of carbonyl (C=O) groups is 1. The van der Waals surface area contributed by atoms with Gasteiger partial charge in [-0.1, -0.05) is 0 Å². The fraction of sp³-hybridized carbons (Fsp3) is 0. The zero-order valence-corrected chi connectivity index (χ0v) is 13.7. The van der Waals surface area contributed by atoms with E-state index in [-0.39, 0.29) is 5.78 Å². The van der Waals surface area contributed by atoms with Gasteiger partial charge in [-0.05, 0) is 24.3 Å². The normalized spacial score (nSPS) is 10.6. The van der Waals surface area contributed by atoms with Crippen molar-refractivity contribution in [2.45, 2.75) is 10.1 Å². The molecular weight excluding hydrogens is 344 g/mol. The van der Waals surface area contributed by atoms with Gasteiger partial charge in [0.25, 0.3) is 0 Å². The van der Waals surface area contributed by atoms with Crippen molar-refractivity contribution in [1.29, 1.82) is 10.5 Å². The number of aromatic nitrogens is 4. The van der Waals surface area contributed by atoms with Crippen LogP contribution in [0.3, 0.4) is 0 Å². The first kappa shape index (κ1) is 17.3. The van der Waals surface area contributed by atoms with Gasteiger partial charge in [-0.2, -0.15) is 10.5 Å². The van der Waals surface area contributed by atoms with E-state index in [1.807, 2.05) is 10.8 Å². The van der Waals surface area contributed by atoms with Crippen LogP contribution in [0.2, 0.25) is 0 Å². The minimum Gasteiger partial charge on any atom is -0.290 e. The van der Waals surface area contributed by atoms with Crippen LogP contribution in [-0.4, -0.2) is 25.7 Å². The Bertz CT molecular complexity index is 811. The lowest BCUT2D eigenvalue weighted by molar-refractivity contribution is -0.110. The van der Waals surface area contributed by atoms with E-state index in [1.54, 1.807) is 0 Å². The number of thiocyanates is 2. The van der Waals surface area contributed by atoms with Crippen molar-refractivity contribution in [3.05, 3.63) is 48.3 Å². The van der Waals surface area contributed by atoms with Gasteiger partial charge in [-0.15, -0.1) is 0 Å². The summed E-state index contributed by atoms with van der Waals surface area (Å²) in [6.07, 6.45) is 11.5. The average molecular weight is 352 g/mol. The van der Waals surface area contributed by atoms with Crippen LogP contribution in [0.4, 0.5) is 0 Å². The first-order valence-electron chi connectivity index (χ1n) is 6.38. The number of carbonyl (C=O) groups excluding carboxylic acids is 1. The van der Waals surface area contributed by atoms with Crippen molar-refractivity contribution >= 4 is 41.5 Å². The largest absolute Gasteiger partial charge is 0.290 e. The molecule has 0 unspecified atom stereocenters. The second-order valence-corrected chi connectivity index (χ2v) is 5.50. The van der Waals surface area contributed by atoms with Gasteiger partial charge in [0.2, 0.25) is 0 Å². The molecule has 2 heterocycles. The van der Waals surface area contributed by atoms with Crippen molar-refractivity contribution in [3.8, 4) is 10.8 Å². The highest BCUT2D eigenvalue weighted by Crippen LogP contribution is 2.19. The minimum atomic E-state index is -0.299. The first-order valence-corrected chi connectivity index (χ1v) is 8.02. The van der Waals surface area contributed by atoms with Gasteiger partial charge in [0, 0.05) is 48.3 Å². The average Bonchev–Trinajstić information content (AvgIpc) is 2.61. The molecule has 0 amide bonds. The third kappa shape index (κ3) is 5.02. The SMILES string of the molecule is N#CSc1nccnc1/C=C/C(=O)/C=C/c1nccnc1SC#N. The summed E-state index contributed by atoms with van der Waals surface area (Å²) in [5, 5.41) is 22.1. The van der Waals surface area contributed by atoms with Gasteiger partial charge < -0.3 is 0 Å². The van der Waals surface area contributed by atoms with Crippen LogP contribution in [0.25, 0.3) is 12.2 Å². The molecule has 0 saturated carbocycles. The number of allylic oxidation sites excluding steroid dienone is 2. The molecule has 116 valence electrons. The van der Waals surface area contributed by atoms with E-state index in [0.717, 1.165) is 23.5 Å². The second-order valence-electron chi connectivity index (χ2n) is 3.95. The fourth-order valence-corrected chi connectivity index (χ4v) is 2.37. The number of nitriles is 2. The van der Waals surface area contributed by atoms with Gasteiger partial charge in [-0.25, -0.2) is 9.97 Å². The highest BCUT2D eigenvalue weighted by molar-refractivity contribution is 8.03. The summed E-state index contributed by atoms with van der Waals surface area (Å²) in [6, 6.07) is 0. The molecule has 9 heteroatoms. The Morgan fingerprint density at radius 3 is 1.67 bits per heavy atom. The summed E-state index contributed by atoms with van der Waals surface area (Å²) in [5.41, 5.74) is 0.872. The van der Waals surface area contributed by atoms with E-state index in [9.17, 15) is 4.79 Å². The van der Waals surface area contributed by atoms with Crippen LogP contribution in [0.15, 0.2) is 47.0 Å². The van der Waals surface area contributed by atoms with E-state index >= 15 is 0 Å². The van der Waals surface area contributed by atoms with Gasteiger partial charge in [0.15, 0.2) is 5.78 Å². The van der Waals surface area contributed by atoms with Gasteiger partial charge in [0.1, 0.15) is 20.9 Å². The molecule has 0 spiro atoms. The third-order valence-electron chi connectivity index (χ3n) is 2.48. The Morgan fingerprint density at radius 2 is 1.25 bits per heavy atom. The molecule has 0 fully saturated rings. The highest BCUT2D eigenvalue weighted by Gasteiger charge is 2.04. The number of nitrogens with zero attached hydrogens (tertiary/aromatic N) is 6. The second kappa shape index (κ2) is 9.20. The number of rotatable bonds is 6. The lowest BCUT2D eigenvalue weighted by atomic mass is 10.2.